The van der Waals surface area contributed by atoms with Crippen LogP contribution in [-0.4, -0.2) is 34.4 Å². The molecule has 3 aromatic carbocycles. The Morgan fingerprint density at radius 1 is 0.884 bits per heavy atom. The molecule has 0 aliphatic carbocycles. The fourth-order valence-corrected chi connectivity index (χ4v) is 4.34. The highest BCUT2D eigenvalue weighted by Crippen LogP contribution is 2.38. The van der Waals surface area contributed by atoms with E-state index in [1.54, 1.807) is 76.7 Å². The molecule has 0 fully saturated rings. The summed E-state index contributed by atoms with van der Waals surface area (Å²) in [5.74, 6) is 1.18. The van der Waals surface area contributed by atoms with Gasteiger partial charge in [-0.15, -0.1) is 0 Å². The van der Waals surface area contributed by atoms with Gasteiger partial charge in [0.05, 0.1) is 37.0 Å². The molecule has 0 aliphatic heterocycles. The summed E-state index contributed by atoms with van der Waals surface area (Å²) in [5, 5.41) is 3.21. The summed E-state index contributed by atoms with van der Waals surface area (Å²) in [6.07, 6.45) is 1.83. The number of hydrogen-bond donors (Lipinski definition) is 1. The van der Waals surface area contributed by atoms with E-state index in [9.17, 15) is 18.8 Å². The minimum Gasteiger partial charge on any atom is -0.497 e. The molecule has 0 bridgehead atoms. The highest BCUT2D eigenvalue weighted by Gasteiger charge is 2.19. The fourth-order valence-electron chi connectivity index (χ4n) is 4.34. The second-order valence-electron chi connectivity index (χ2n) is 9.57. The highest BCUT2D eigenvalue weighted by atomic mass is 19.1. The molecule has 0 aliphatic rings. The van der Waals surface area contributed by atoms with E-state index in [1.807, 2.05) is 0 Å². The van der Waals surface area contributed by atoms with Crippen molar-refractivity contribution < 1.29 is 28.1 Å². The third-order valence-corrected chi connectivity index (χ3v) is 6.45. The summed E-state index contributed by atoms with van der Waals surface area (Å²) in [6.45, 7) is 3.46. The number of ether oxygens (including phenoxy) is 4. The second kappa shape index (κ2) is 12.1. The number of halogens is 1. The molecule has 2 aromatic heterocycles. The first-order chi connectivity index (χ1) is 20.7. The van der Waals surface area contributed by atoms with E-state index in [0.29, 0.717) is 39.6 Å². The monoisotopic (exact) mass is 586 g/mol. The lowest BCUT2D eigenvalue weighted by atomic mass is 10.1. The minimum atomic E-state index is -0.954. The normalized spacial score (nSPS) is 10.9. The van der Waals surface area contributed by atoms with Gasteiger partial charge in [0.2, 0.25) is 5.75 Å². The van der Waals surface area contributed by atoms with E-state index >= 15 is 0 Å². The van der Waals surface area contributed by atoms with Gasteiger partial charge in [-0.25, -0.2) is 18.5 Å². The van der Waals surface area contributed by atoms with Gasteiger partial charge in [-0.2, -0.15) is 0 Å². The van der Waals surface area contributed by atoms with Gasteiger partial charge in [0.15, 0.2) is 0 Å². The van der Waals surface area contributed by atoms with Crippen molar-refractivity contribution in [3.8, 4) is 34.4 Å². The lowest BCUT2D eigenvalue weighted by Crippen LogP contribution is -2.40. The van der Waals surface area contributed by atoms with Crippen LogP contribution in [-0.2, 0) is 0 Å². The Morgan fingerprint density at radius 2 is 1.60 bits per heavy atom. The molecule has 43 heavy (non-hydrogen) atoms. The van der Waals surface area contributed by atoms with Crippen molar-refractivity contribution in [2.24, 2.45) is 0 Å². The Balaban J connectivity index is 1.36. The molecule has 1 N–H and O–H groups in total. The molecule has 0 spiro atoms. The number of nitrogens with zero attached hydrogens (tertiary/aromatic N) is 3. The molecule has 220 valence electrons. The molecule has 12 heteroatoms. The molecule has 0 saturated carbocycles. The van der Waals surface area contributed by atoms with Gasteiger partial charge in [-0.3, -0.25) is 19.7 Å². The Hall–Kier alpha value is -5.65. The van der Waals surface area contributed by atoms with Crippen molar-refractivity contribution in [3.05, 3.63) is 106 Å². The van der Waals surface area contributed by atoms with E-state index in [1.165, 1.54) is 22.9 Å². The average molecular weight is 587 g/mol. The first-order valence-corrected chi connectivity index (χ1v) is 13.1. The summed E-state index contributed by atoms with van der Waals surface area (Å²) < 4.78 is 37.7. The minimum absolute atomic E-state index is 0.131. The van der Waals surface area contributed by atoms with Crippen molar-refractivity contribution in [2.75, 3.05) is 19.5 Å². The number of fused-ring (bicyclic) bond motifs is 1. The lowest BCUT2D eigenvalue weighted by molar-refractivity contribution is 0.213. The summed E-state index contributed by atoms with van der Waals surface area (Å²) in [4.78, 5) is 43.3. The summed E-state index contributed by atoms with van der Waals surface area (Å²) in [6, 6.07) is 16.1. The molecular weight excluding hydrogens is 559 g/mol. The van der Waals surface area contributed by atoms with Crippen LogP contribution in [0.5, 0.6) is 28.7 Å². The maximum absolute atomic E-state index is 13.5. The van der Waals surface area contributed by atoms with Gasteiger partial charge in [0.1, 0.15) is 28.8 Å². The number of pyridine rings is 1. The zero-order valence-corrected chi connectivity index (χ0v) is 23.7. The molecule has 5 aromatic rings. The van der Waals surface area contributed by atoms with E-state index in [0.717, 1.165) is 16.7 Å². The van der Waals surface area contributed by atoms with Crippen LogP contribution in [0, 0.1) is 5.82 Å². The molecule has 5 rings (SSSR count). The Kier molecular flexibility index (Phi) is 8.10. The number of methoxy groups -OCH3 is 2. The van der Waals surface area contributed by atoms with Crippen LogP contribution in [0.15, 0.2) is 88.7 Å². The summed E-state index contributed by atoms with van der Waals surface area (Å²) in [5.41, 5.74) is -0.419. The van der Waals surface area contributed by atoms with Crippen molar-refractivity contribution in [1.29, 1.82) is 0 Å². The summed E-state index contributed by atoms with van der Waals surface area (Å²) in [7, 11) is 3.10. The van der Waals surface area contributed by atoms with Crippen LogP contribution in [0.1, 0.15) is 19.9 Å². The van der Waals surface area contributed by atoms with Crippen LogP contribution in [0.3, 0.4) is 0 Å². The Labute approximate surface area is 244 Å². The predicted molar refractivity (Wildman–Crippen MR) is 158 cm³/mol. The van der Waals surface area contributed by atoms with Crippen molar-refractivity contribution >= 4 is 22.7 Å². The number of anilines is 1. The first kappa shape index (κ1) is 28.9. The number of nitrogens with one attached hydrogen (secondary N) is 1. The van der Waals surface area contributed by atoms with Crippen LogP contribution in [0.4, 0.5) is 14.9 Å². The van der Waals surface area contributed by atoms with E-state index < -0.39 is 23.2 Å². The molecule has 0 radical (unpaired) electrons. The van der Waals surface area contributed by atoms with Gasteiger partial charge in [-0.1, -0.05) is 0 Å². The average Bonchev–Trinajstić information content (AvgIpc) is 2.99. The molecular formula is C31H27FN4O7. The van der Waals surface area contributed by atoms with Gasteiger partial charge in [0.25, 0.3) is 0 Å². The quantitative estimate of drug-likeness (QED) is 0.246. The Morgan fingerprint density at radius 3 is 2.26 bits per heavy atom. The van der Waals surface area contributed by atoms with Crippen molar-refractivity contribution in [3.63, 3.8) is 0 Å². The largest absolute Gasteiger partial charge is 0.497 e. The number of rotatable bonds is 8. The zero-order valence-electron chi connectivity index (χ0n) is 23.7. The molecule has 0 unspecified atom stereocenters. The van der Waals surface area contributed by atoms with E-state index in [-0.39, 0.29) is 17.5 Å². The van der Waals surface area contributed by atoms with E-state index in [4.69, 9.17) is 18.9 Å². The third kappa shape index (κ3) is 6.03. The lowest BCUT2D eigenvalue weighted by Gasteiger charge is -2.16. The predicted octanol–water partition coefficient (Wildman–Crippen LogP) is 5.69. The maximum atomic E-state index is 13.5. The topological polar surface area (TPSA) is 123 Å². The van der Waals surface area contributed by atoms with Gasteiger partial charge >= 0.3 is 17.3 Å². The number of hydrogen-bond acceptors (Lipinski definition) is 8. The highest BCUT2D eigenvalue weighted by molar-refractivity contribution is 5.92. The van der Waals surface area contributed by atoms with Crippen LogP contribution < -0.4 is 35.5 Å². The first-order valence-electron chi connectivity index (χ1n) is 13.1. The van der Waals surface area contributed by atoms with Crippen LogP contribution in [0.25, 0.3) is 16.6 Å². The third-order valence-electron chi connectivity index (χ3n) is 6.45. The number of carbonyl (C=O) groups excluding carboxylic acids is 1. The molecule has 0 atom stereocenters. The molecule has 0 saturated heterocycles. The maximum Gasteiger partial charge on any atom is 0.417 e. The molecule has 1 amide bonds. The smallest absolute Gasteiger partial charge is 0.417 e. The van der Waals surface area contributed by atoms with E-state index in [2.05, 4.69) is 10.3 Å². The molecule has 2 heterocycles. The number of benzene rings is 3. The fraction of sp³-hybridized carbons (Fsp3) is 0.161. The number of aromatic nitrogens is 3. The SMILES string of the molecule is COc1cc(OC)c2c(Oc3ccc(NC(=O)Oc4cn(C(C)C)c(=O)n(-c5ccc(F)cc5)c4=O)cc3)ccnc2c1. The number of amides is 1. The number of carbonyl (C=O) groups is 1. The van der Waals surface area contributed by atoms with Gasteiger partial charge < -0.3 is 18.9 Å². The Bertz CT molecular complexity index is 1920. The van der Waals surface area contributed by atoms with Crippen LogP contribution >= 0.6 is 0 Å². The van der Waals surface area contributed by atoms with Crippen molar-refractivity contribution in [2.45, 2.75) is 19.9 Å². The standard InChI is InChI=1S/C31H27FN4O7/c1-18(2)35-17-27(29(37)36(31(35)39)21-9-5-19(32)6-10-21)43-30(38)34-20-7-11-22(12-8-20)42-25-13-14-33-24-15-23(40-3)16-26(41-4)28(24)25/h5-18H,1-4H3,(H,34,38). The zero-order chi connectivity index (χ0) is 30.7. The molecule has 11 nitrogen and oxygen atoms in total. The summed E-state index contributed by atoms with van der Waals surface area (Å²) >= 11 is 0. The van der Waals surface area contributed by atoms with Crippen LogP contribution in [0.2, 0.25) is 0 Å². The van der Waals surface area contributed by atoms with Crippen molar-refractivity contribution in [1.82, 2.24) is 14.1 Å². The van der Waals surface area contributed by atoms with Gasteiger partial charge in [0, 0.05) is 30.1 Å². The second-order valence-corrected chi connectivity index (χ2v) is 9.57. The van der Waals surface area contributed by atoms with Gasteiger partial charge in [-0.05, 0) is 68.4 Å².